The molecule has 1 atom stereocenters. The van der Waals surface area contributed by atoms with Crippen molar-refractivity contribution < 1.29 is 24.1 Å². The first-order chi connectivity index (χ1) is 14.4. The van der Waals surface area contributed by atoms with Gasteiger partial charge in [0.05, 0.1) is 23.6 Å². The van der Waals surface area contributed by atoms with Crippen LogP contribution in [0.5, 0.6) is 5.75 Å². The number of aromatic carboxylic acids is 1. The Morgan fingerprint density at radius 1 is 1.33 bits per heavy atom. The standard InChI is InChI=1S/C22H19FN2O5/c1-11-10-30-21-18-14(20(27)16(22(28)29)8-25(11)18)5-17(23)19(21)24-6-12-3-2-4-13(9-26)15(12)7-24/h2-5,8,11,26H,6-7,9-10H2,1H3,(H,28,29). The van der Waals surface area contributed by atoms with Gasteiger partial charge in [-0.15, -0.1) is 0 Å². The fraction of sp³-hybridized carbons (Fsp3) is 0.273. The van der Waals surface area contributed by atoms with E-state index in [1.165, 1.54) is 6.20 Å². The number of rotatable bonds is 3. The maximum atomic E-state index is 15.3. The molecule has 0 amide bonds. The van der Waals surface area contributed by atoms with Crippen LogP contribution < -0.4 is 15.1 Å². The Kier molecular flexibility index (Phi) is 4.08. The minimum atomic E-state index is -1.35. The predicted molar refractivity (Wildman–Crippen MR) is 108 cm³/mol. The summed E-state index contributed by atoms with van der Waals surface area (Å²) in [5, 5.41) is 19.0. The number of carbonyl (C=O) groups is 1. The minimum Gasteiger partial charge on any atom is -0.487 e. The summed E-state index contributed by atoms with van der Waals surface area (Å²) in [7, 11) is 0. The number of ether oxygens (including phenoxy) is 1. The van der Waals surface area contributed by atoms with E-state index in [1.807, 2.05) is 30.0 Å². The van der Waals surface area contributed by atoms with Crippen molar-refractivity contribution in [3.63, 3.8) is 0 Å². The van der Waals surface area contributed by atoms with E-state index in [0.29, 0.717) is 18.6 Å². The first-order valence-corrected chi connectivity index (χ1v) is 9.63. The van der Waals surface area contributed by atoms with E-state index in [0.717, 1.165) is 22.8 Å². The molecule has 154 valence electrons. The molecule has 2 N–H and O–H groups in total. The maximum absolute atomic E-state index is 15.3. The van der Waals surface area contributed by atoms with Gasteiger partial charge in [-0.3, -0.25) is 4.79 Å². The SMILES string of the molecule is CC1COc2c(N3Cc4cccc(CO)c4C3)c(F)cc3c(=O)c(C(=O)O)cn1c23. The van der Waals surface area contributed by atoms with Gasteiger partial charge in [0.2, 0.25) is 5.43 Å². The number of nitrogens with zero attached hydrogens (tertiary/aromatic N) is 2. The average molecular weight is 410 g/mol. The number of halogens is 1. The highest BCUT2D eigenvalue weighted by Crippen LogP contribution is 2.44. The number of pyridine rings is 1. The molecule has 0 fully saturated rings. The van der Waals surface area contributed by atoms with Crippen molar-refractivity contribution in [3.8, 4) is 5.75 Å². The van der Waals surface area contributed by atoms with Crippen LogP contribution >= 0.6 is 0 Å². The molecule has 30 heavy (non-hydrogen) atoms. The lowest BCUT2D eigenvalue weighted by molar-refractivity contribution is 0.0694. The van der Waals surface area contributed by atoms with Gasteiger partial charge in [-0.05, 0) is 29.7 Å². The lowest BCUT2D eigenvalue weighted by atomic mass is 10.0. The van der Waals surface area contributed by atoms with Crippen molar-refractivity contribution in [2.75, 3.05) is 11.5 Å². The summed E-state index contributed by atoms with van der Waals surface area (Å²) in [5.41, 5.74) is 2.26. The third-order valence-electron chi connectivity index (χ3n) is 5.94. The number of hydrogen-bond acceptors (Lipinski definition) is 5. The molecule has 0 spiro atoms. The van der Waals surface area contributed by atoms with Crippen LogP contribution in [0.25, 0.3) is 10.9 Å². The molecular weight excluding hydrogens is 391 g/mol. The molecule has 2 aliphatic rings. The molecule has 0 saturated carbocycles. The van der Waals surface area contributed by atoms with Gasteiger partial charge in [0, 0.05) is 19.3 Å². The zero-order valence-electron chi connectivity index (χ0n) is 16.2. The number of fused-ring (bicyclic) bond motifs is 1. The van der Waals surface area contributed by atoms with E-state index < -0.39 is 22.8 Å². The Balaban J connectivity index is 1.74. The fourth-order valence-electron chi connectivity index (χ4n) is 4.46. The highest BCUT2D eigenvalue weighted by atomic mass is 19.1. The Morgan fingerprint density at radius 2 is 2.13 bits per heavy atom. The van der Waals surface area contributed by atoms with Crippen molar-refractivity contribution in [1.29, 1.82) is 0 Å². The van der Waals surface area contributed by atoms with Gasteiger partial charge < -0.3 is 24.4 Å². The molecule has 3 heterocycles. The van der Waals surface area contributed by atoms with Gasteiger partial charge in [-0.25, -0.2) is 9.18 Å². The summed E-state index contributed by atoms with van der Waals surface area (Å²) in [6.45, 7) is 2.81. The predicted octanol–water partition coefficient (Wildman–Crippen LogP) is 2.80. The van der Waals surface area contributed by atoms with Crippen molar-refractivity contribution in [2.45, 2.75) is 32.7 Å². The number of aromatic nitrogens is 1. The van der Waals surface area contributed by atoms with Gasteiger partial charge >= 0.3 is 5.97 Å². The van der Waals surface area contributed by atoms with E-state index >= 15 is 4.39 Å². The Labute approximate surface area is 170 Å². The minimum absolute atomic E-state index is 0.00883. The molecular formula is C22H19FN2O5. The quantitative estimate of drug-likeness (QED) is 0.690. The zero-order valence-corrected chi connectivity index (χ0v) is 16.2. The topological polar surface area (TPSA) is 92.0 Å². The molecule has 2 aromatic carbocycles. The van der Waals surface area contributed by atoms with Crippen LogP contribution in [0.4, 0.5) is 10.1 Å². The van der Waals surface area contributed by atoms with Gasteiger partial charge in [0.1, 0.15) is 17.9 Å². The van der Waals surface area contributed by atoms with Crippen LogP contribution in [-0.2, 0) is 19.7 Å². The van der Waals surface area contributed by atoms with E-state index in [2.05, 4.69) is 0 Å². The van der Waals surface area contributed by atoms with Crippen LogP contribution in [0.2, 0.25) is 0 Å². The first kappa shape index (κ1) is 18.6. The molecule has 1 aromatic heterocycles. The van der Waals surface area contributed by atoms with Crippen molar-refractivity contribution in [3.05, 3.63) is 68.8 Å². The highest BCUT2D eigenvalue weighted by Gasteiger charge is 2.32. The Hall–Kier alpha value is -3.39. The molecule has 0 aliphatic carbocycles. The number of carboxylic acids is 1. The summed E-state index contributed by atoms with van der Waals surface area (Å²) in [6.07, 6.45) is 1.31. The number of benzene rings is 2. The summed E-state index contributed by atoms with van der Waals surface area (Å²) in [6, 6.07) is 6.53. The molecule has 8 heteroatoms. The second kappa shape index (κ2) is 6.56. The molecule has 2 aliphatic heterocycles. The van der Waals surface area contributed by atoms with Gasteiger partial charge in [-0.1, -0.05) is 18.2 Å². The van der Waals surface area contributed by atoms with Crippen LogP contribution in [0.15, 0.2) is 35.3 Å². The maximum Gasteiger partial charge on any atom is 0.341 e. The Bertz CT molecular complexity index is 1280. The molecule has 1 unspecified atom stereocenters. The second-order valence-electron chi connectivity index (χ2n) is 7.75. The zero-order chi connectivity index (χ0) is 21.2. The summed E-state index contributed by atoms with van der Waals surface area (Å²) in [5.74, 6) is -1.74. The van der Waals surface area contributed by atoms with Gasteiger partial charge in [0.25, 0.3) is 0 Å². The van der Waals surface area contributed by atoms with Crippen molar-refractivity contribution in [1.82, 2.24) is 4.57 Å². The summed E-state index contributed by atoms with van der Waals surface area (Å²) in [4.78, 5) is 26.1. The van der Waals surface area contributed by atoms with E-state index in [1.54, 1.807) is 4.57 Å². The lowest BCUT2D eigenvalue weighted by Crippen LogP contribution is -2.28. The number of aliphatic hydroxyl groups excluding tert-OH is 1. The summed E-state index contributed by atoms with van der Waals surface area (Å²) >= 11 is 0. The first-order valence-electron chi connectivity index (χ1n) is 9.63. The van der Waals surface area contributed by atoms with E-state index in [9.17, 15) is 19.8 Å². The van der Waals surface area contributed by atoms with Crippen molar-refractivity contribution in [2.24, 2.45) is 0 Å². The lowest BCUT2D eigenvalue weighted by Gasteiger charge is -2.31. The van der Waals surface area contributed by atoms with Gasteiger partial charge in [0.15, 0.2) is 11.6 Å². The number of hydrogen-bond donors (Lipinski definition) is 2. The molecule has 0 radical (unpaired) electrons. The smallest absolute Gasteiger partial charge is 0.341 e. The van der Waals surface area contributed by atoms with E-state index in [4.69, 9.17) is 4.74 Å². The molecule has 7 nitrogen and oxygen atoms in total. The molecule has 0 saturated heterocycles. The van der Waals surface area contributed by atoms with Crippen LogP contribution in [0, 0.1) is 5.82 Å². The van der Waals surface area contributed by atoms with E-state index in [-0.39, 0.29) is 36.1 Å². The third-order valence-corrected chi connectivity index (χ3v) is 5.94. The highest BCUT2D eigenvalue weighted by molar-refractivity contribution is 5.97. The normalized spacial score (nSPS) is 17.2. The van der Waals surface area contributed by atoms with Crippen LogP contribution in [0.1, 0.15) is 40.0 Å². The molecule has 5 rings (SSSR count). The molecule has 0 bridgehead atoms. The monoisotopic (exact) mass is 410 g/mol. The number of carboxylic acid groups (broad SMARTS) is 1. The number of anilines is 1. The summed E-state index contributed by atoms with van der Waals surface area (Å²) < 4.78 is 22.9. The van der Waals surface area contributed by atoms with Crippen molar-refractivity contribution >= 4 is 22.6 Å². The number of aliphatic hydroxyl groups is 1. The van der Waals surface area contributed by atoms with Crippen LogP contribution in [-0.4, -0.2) is 27.4 Å². The Morgan fingerprint density at radius 3 is 2.87 bits per heavy atom. The van der Waals surface area contributed by atoms with Crippen LogP contribution in [0.3, 0.4) is 0 Å². The largest absolute Gasteiger partial charge is 0.487 e. The average Bonchev–Trinajstić information content (AvgIpc) is 3.15. The fourth-order valence-corrected chi connectivity index (χ4v) is 4.46. The second-order valence-corrected chi connectivity index (χ2v) is 7.75. The molecule has 3 aromatic rings. The third kappa shape index (κ3) is 2.53. The van der Waals surface area contributed by atoms with Gasteiger partial charge in [-0.2, -0.15) is 0 Å².